The SMILES string of the molecule is CCCCC(C(=O)O)c1cc(C)c2c(c1C(C)C)C=C(C)C(=O)C2=O. The average molecular weight is 342 g/mol. The predicted octanol–water partition coefficient (Wildman–Crippen LogP) is 4.65. The summed E-state index contributed by atoms with van der Waals surface area (Å²) in [4.78, 5) is 36.5. The fourth-order valence-corrected chi connectivity index (χ4v) is 3.66. The Kier molecular flexibility index (Phi) is 5.61. The summed E-state index contributed by atoms with van der Waals surface area (Å²) >= 11 is 0. The summed E-state index contributed by atoms with van der Waals surface area (Å²) < 4.78 is 0. The van der Waals surface area contributed by atoms with Crippen LogP contribution in [0.5, 0.6) is 0 Å². The monoisotopic (exact) mass is 342 g/mol. The van der Waals surface area contributed by atoms with Gasteiger partial charge in [-0.15, -0.1) is 0 Å². The van der Waals surface area contributed by atoms with E-state index in [9.17, 15) is 19.5 Å². The first-order valence-electron chi connectivity index (χ1n) is 8.88. The minimum Gasteiger partial charge on any atom is -0.481 e. The Morgan fingerprint density at radius 2 is 1.80 bits per heavy atom. The number of Topliss-reactive ketones (excluding diaryl/α,β-unsaturated/α-hetero) is 2. The molecule has 0 amide bonds. The van der Waals surface area contributed by atoms with Crippen molar-refractivity contribution in [2.45, 2.75) is 65.7 Å². The Balaban J connectivity index is 2.79. The maximum Gasteiger partial charge on any atom is 0.310 e. The third-order valence-electron chi connectivity index (χ3n) is 4.89. The van der Waals surface area contributed by atoms with Gasteiger partial charge >= 0.3 is 5.97 Å². The predicted molar refractivity (Wildman–Crippen MR) is 98.2 cm³/mol. The first-order chi connectivity index (χ1) is 11.7. The molecule has 0 aliphatic heterocycles. The van der Waals surface area contributed by atoms with Crippen LogP contribution in [0.3, 0.4) is 0 Å². The molecule has 0 saturated carbocycles. The lowest BCUT2D eigenvalue weighted by atomic mass is 9.76. The molecular formula is C21H26O4. The van der Waals surface area contributed by atoms with Gasteiger partial charge in [-0.2, -0.15) is 0 Å². The van der Waals surface area contributed by atoms with Crippen LogP contribution in [0.1, 0.15) is 91.4 Å². The van der Waals surface area contributed by atoms with E-state index in [2.05, 4.69) is 0 Å². The highest BCUT2D eigenvalue weighted by atomic mass is 16.4. The van der Waals surface area contributed by atoms with E-state index in [1.165, 1.54) is 0 Å². The highest BCUT2D eigenvalue weighted by molar-refractivity contribution is 6.52. The summed E-state index contributed by atoms with van der Waals surface area (Å²) in [5.74, 6) is -2.34. The first kappa shape index (κ1) is 19.1. The van der Waals surface area contributed by atoms with Gasteiger partial charge in [0.2, 0.25) is 11.6 Å². The number of aliphatic carboxylic acids is 1. The molecule has 134 valence electrons. The molecule has 0 spiro atoms. The molecule has 1 aromatic carbocycles. The Bertz CT molecular complexity index is 769. The van der Waals surface area contributed by atoms with E-state index in [1.54, 1.807) is 19.9 Å². The topological polar surface area (TPSA) is 71.4 Å². The zero-order valence-corrected chi connectivity index (χ0v) is 15.6. The molecule has 0 aromatic heterocycles. The number of hydrogen-bond donors (Lipinski definition) is 1. The van der Waals surface area contributed by atoms with Gasteiger partial charge < -0.3 is 5.11 Å². The molecule has 4 nitrogen and oxygen atoms in total. The van der Waals surface area contributed by atoms with E-state index in [4.69, 9.17) is 0 Å². The number of allylic oxidation sites excluding steroid dienone is 1. The van der Waals surface area contributed by atoms with Crippen molar-refractivity contribution in [3.8, 4) is 0 Å². The second-order valence-corrected chi connectivity index (χ2v) is 7.16. The number of unbranched alkanes of at least 4 members (excludes halogenated alkanes) is 1. The molecule has 0 saturated heterocycles. The van der Waals surface area contributed by atoms with Crippen molar-refractivity contribution in [3.63, 3.8) is 0 Å². The Morgan fingerprint density at radius 3 is 2.32 bits per heavy atom. The fourth-order valence-electron chi connectivity index (χ4n) is 3.66. The van der Waals surface area contributed by atoms with Gasteiger partial charge in [-0.3, -0.25) is 14.4 Å². The van der Waals surface area contributed by atoms with Crippen LogP contribution in [0.15, 0.2) is 11.6 Å². The first-order valence-corrected chi connectivity index (χ1v) is 8.88. The van der Waals surface area contributed by atoms with Crippen LogP contribution in [0, 0.1) is 6.92 Å². The summed E-state index contributed by atoms with van der Waals surface area (Å²) in [5, 5.41) is 9.76. The quantitative estimate of drug-likeness (QED) is 0.764. The number of carboxylic acid groups (broad SMARTS) is 1. The highest BCUT2D eigenvalue weighted by Gasteiger charge is 2.33. The molecule has 0 heterocycles. The second kappa shape index (κ2) is 7.34. The molecule has 1 aliphatic rings. The van der Waals surface area contributed by atoms with Crippen molar-refractivity contribution in [3.05, 3.63) is 39.5 Å². The summed E-state index contributed by atoms with van der Waals surface area (Å²) in [5.41, 5.74) is 3.91. The molecule has 1 aliphatic carbocycles. The van der Waals surface area contributed by atoms with Gasteiger partial charge in [0, 0.05) is 11.1 Å². The number of carbonyl (C=O) groups excluding carboxylic acids is 2. The highest BCUT2D eigenvalue weighted by Crippen LogP contribution is 2.39. The summed E-state index contributed by atoms with van der Waals surface area (Å²) in [6.45, 7) is 9.46. The van der Waals surface area contributed by atoms with Gasteiger partial charge in [-0.05, 0) is 54.5 Å². The number of benzene rings is 1. The van der Waals surface area contributed by atoms with Gasteiger partial charge in [0.25, 0.3) is 0 Å². The van der Waals surface area contributed by atoms with Crippen LogP contribution in [0.4, 0.5) is 0 Å². The number of rotatable bonds is 6. The maximum atomic E-state index is 12.5. The molecule has 1 unspecified atom stereocenters. The largest absolute Gasteiger partial charge is 0.481 e. The van der Waals surface area contributed by atoms with Crippen molar-refractivity contribution < 1.29 is 19.5 Å². The second-order valence-electron chi connectivity index (χ2n) is 7.16. The zero-order valence-electron chi connectivity index (χ0n) is 15.6. The van der Waals surface area contributed by atoms with Crippen molar-refractivity contribution >= 4 is 23.6 Å². The third-order valence-corrected chi connectivity index (χ3v) is 4.89. The van der Waals surface area contributed by atoms with Crippen LogP contribution < -0.4 is 0 Å². The Labute approximate surface area is 148 Å². The maximum absolute atomic E-state index is 12.5. The molecular weight excluding hydrogens is 316 g/mol. The van der Waals surface area contributed by atoms with Crippen LogP contribution in [-0.2, 0) is 9.59 Å². The summed E-state index contributed by atoms with van der Waals surface area (Å²) in [6.07, 6.45) is 4.08. The van der Waals surface area contributed by atoms with E-state index in [0.29, 0.717) is 23.1 Å². The number of carboxylic acids is 1. The molecule has 0 bridgehead atoms. The number of fused-ring (bicyclic) bond motifs is 1. The summed E-state index contributed by atoms with van der Waals surface area (Å²) in [7, 11) is 0. The van der Waals surface area contributed by atoms with Gasteiger partial charge in [-0.25, -0.2) is 0 Å². The molecule has 25 heavy (non-hydrogen) atoms. The number of ketones is 2. The molecule has 1 aromatic rings. The van der Waals surface area contributed by atoms with E-state index in [-0.39, 0.29) is 5.92 Å². The molecule has 4 heteroatoms. The van der Waals surface area contributed by atoms with Gasteiger partial charge in [0.05, 0.1) is 5.92 Å². The normalized spacial score (nSPS) is 15.2. The zero-order chi connectivity index (χ0) is 18.9. The van der Waals surface area contributed by atoms with Crippen molar-refractivity contribution in [1.29, 1.82) is 0 Å². The van der Waals surface area contributed by atoms with Crippen molar-refractivity contribution in [2.24, 2.45) is 0 Å². The average Bonchev–Trinajstić information content (AvgIpc) is 2.52. The Morgan fingerprint density at radius 1 is 1.16 bits per heavy atom. The summed E-state index contributed by atoms with van der Waals surface area (Å²) in [6, 6.07) is 1.81. The smallest absolute Gasteiger partial charge is 0.310 e. The number of carbonyl (C=O) groups is 3. The minimum absolute atomic E-state index is 0.0536. The lowest BCUT2D eigenvalue weighted by Crippen LogP contribution is -2.24. The lowest BCUT2D eigenvalue weighted by molar-refractivity contribution is -0.139. The van der Waals surface area contributed by atoms with Crippen LogP contribution >= 0.6 is 0 Å². The Hall–Kier alpha value is -2.23. The minimum atomic E-state index is -0.839. The van der Waals surface area contributed by atoms with Crippen molar-refractivity contribution in [1.82, 2.24) is 0 Å². The van der Waals surface area contributed by atoms with E-state index in [0.717, 1.165) is 29.5 Å². The van der Waals surface area contributed by atoms with E-state index >= 15 is 0 Å². The van der Waals surface area contributed by atoms with Crippen LogP contribution in [0.2, 0.25) is 0 Å². The molecule has 0 radical (unpaired) electrons. The van der Waals surface area contributed by atoms with Gasteiger partial charge in [-0.1, -0.05) is 39.7 Å². The molecule has 0 fully saturated rings. The van der Waals surface area contributed by atoms with Gasteiger partial charge in [0.15, 0.2) is 0 Å². The van der Waals surface area contributed by atoms with Crippen molar-refractivity contribution in [2.75, 3.05) is 0 Å². The van der Waals surface area contributed by atoms with Crippen LogP contribution in [-0.4, -0.2) is 22.6 Å². The number of hydrogen-bond acceptors (Lipinski definition) is 3. The molecule has 1 atom stereocenters. The molecule has 1 N–H and O–H groups in total. The standard InChI is InChI=1S/C21H26O4/c1-6-7-8-14(21(24)25)15-9-12(4)18-16(17(15)11(2)3)10-13(5)19(22)20(18)23/h9-11,14H,6-8H2,1-5H3,(H,24,25). The number of aryl methyl sites for hydroxylation is 1. The lowest BCUT2D eigenvalue weighted by Gasteiger charge is -2.26. The fraction of sp³-hybridized carbons (Fsp3) is 0.476. The van der Waals surface area contributed by atoms with Crippen LogP contribution in [0.25, 0.3) is 6.08 Å². The van der Waals surface area contributed by atoms with E-state index in [1.807, 2.05) is 26.8 Å². The molecule has 2 rings (SSSR count). The van der Waals surface area contributed by atoms with Gasteiger partial charge in [0.1, 0.15) is 0 Å². The third kappa shape index (κ3) is 3.44. The van der Waals surface area contributed by atoms with E-state index < -0.39 is 23.5 Å².